The van der Waals surface area contributed by atoms with Crippen molar-refractivity contribution >= 4 is 11.3 Å². The van der Waals surface area contributed by atoms with Crippen LogP contribution in [0.2, 0.25) is 0 Å². The van der Waals surface area contributed by atoms with Gasteiger partial charge in [0.05, 0.1) is 5.69 Å². The van der Waals surface area contributed by atoms with Crippen LogP contribution in [-0.2, 0) is 0 Å². The third kappa shape index (κ3) is 4.07. The SMILES string of the molecule is CCN=c1scc(-c2ccc(F)cc2)n1NC(C)=CC(C)C. The minimum atomic E-state index is -0.229. The zero-order valence-electron chi connectivity index (χ0n) is 13.4. The van der Waals surface area contributed by atoms with Crippen LogP contribution in [0.1, 0.15) is 27.7 Å². The van der Waals surface area contributed by atoms with E-state index in [1.54, 1.807) is 23.5 Å². The van der Waals surface area contributed by atoms with Crippen molar-refractivity contribution in [1.82, 2.24) is 4.68 Å². The Kier molecular flexibility index (Phi) is 5.55. The number of hydrogen-bond acceptors (Lipinski definition) is 3. The summed E-state index contributed by atoms with van der Waals surface area (Å²) in [5, 5.41) is 2.04. The number of rotatable bonds is 5. The Morgan fingerprint density at radius 1 is 1.36 bits per heavy atom. The first-order valence-electron chi connectivity index (χ1n) is 7.43. The number of benzene rings is 1. The zero-order valence-corrected chi connectivity index (χ0v) is 14.2. The fraction of sp³-hybridized carbons (Fsp3) is 0.353. The molecule has 2 rings (SSSR count). The Morgan fingerprint density at radius 3 is 2.64 bits per heavy atom. The Bertz CT molecular complexity index is 708. The minimum absolute atomic E-state index is 0.229. The van der Waals surface area contributed by atoms with Crippen LogP contribution in [0.25, 0.3) is 11.3 Å². The maximum Gasteiger partial charge on any atom is 0.204 e. The average molecular weight is 319 g/mol. The van der Waals surface area contributed by atoms with Gasteiger partial charge in [-0.2, -0.15) is 0 Å². The summed E-state index contributed by atoms with van der Waals surface area (Å²) in [5.41, 5.74) is 6.39. The summed E-state index contributed by atoms with van der Waals surface area (Å²) in [6, 6.07) is 6.52. The van der Waals surface area contributed by atoms with Gasteiger partial charge in [-0.3, -0.25) is 10.4 Å². The molecule has 0 fully saturated rings. The van der Waals surface area contributed by atoms with Gasteiger partial charge >= 0.3 is 0 Å². The van der Waals surface area contributed by atoms with Crippen LogP contribution in [0, 0.1) is 11.7 Å². The summed E-state index contributed by atoms with van der Waals surface area (Å²) in [7, 11) is 0. The molecule has 2 aromatic rings. The standard InChI is InChI=1S/C17H22FN3S/c1-5-19-17-21(20-13(4)10-12(2)3)16(11-22-17)14-6-8-15(18)9-7-14/h6-12,20H,5H2,1-4H3. The molecule has 3 nitrogen and oxygen atoms in total. The molecule has 1 aromatic carbocycles. The molecule has 0 aliphatic rings. The second-order valence-electron chi connectivity index (χ2n) is 5.43. The molecule has 1 heterocycles. The van der Waals surface area contributed by atoms with Crippen molar-refractivity contribution in [2.45, 2.75) is 27.7 Å². The molecule has 0 bridgehead atoms. The first-order chi connectivity index (χ1) is 10.5. The minimum Gasteiger partial charge on any atom is -0.296 e. The second kappa shape index (κ2) is 7.40. The summed E-state index contributed by atoms with van der Waals surface area (Å²) >= 11 is 1.57. The van der Waals surface area contributed by atoms with Crippen LogP contribution < -0.4 is 10.2 Å². The molecule has 1 aromatic heterocycles. The molecule has 5 heteroatoms. The highest BCUT2D eigenvalue weighted by molar-refractivity contribution is 7.07. The van der Waals surface area contributed by atoms with Crippen LogP contribution in [0.15, 0.2) is 46.4 Å². The predicted molar refractivity (Wildman–Crippen MR) is 91.8 cm³/mol. The van der Waals surface area contributed by atoms with Gasteiger partial charge in [0.2, 0.25) is 4.80 Å². The van der Waals surface area contributed by atoms with E-state index in [9.17, 15) is 4.39 Å². The molecule has 0 aliphatic carbocycles. The number of halogens is 1. The van der Waals surface area contributed by atoms with Crippen molar-refractivity contribution in [3.8, 4) is 11.3 Å². The van der Waals surface area contributed by atoms with Gasteiger partial charge in [-0.1, -0.05) is 19.9 Å². The van der Waals surface area contributed by atoms with Crippen molar-refractivity contribution in [2.75, 3.05) is 12.0 Å². The summed E-state index contributed by atoms with van der Waals surface area (Å²) in [6.45, 7) is 9.05. The van der Waals surface area contributed by atoms with E-state index in [2.05, 4.69) is 30.3 Å². The monoisotopic (exact) mass is 319 g/mol. The number of nitrogens with one attached hydrogen (secondary N) is 1. The lowest BCUT2D eigenvalue weighted by Gasteiger charge is -2.13. The third-order valence-electron chi connectivity index (χ3n) is 3.01. The topological polar surface area (TPSA) is 29.3 Å². The summed E-state index contributed by atoms with van der Waals surface area (Å²) in [6.07, 6.45) is 2.16. The van der Waals surface area contributed by atoms with Crippen LogP contribution in [-0.4, -0.2) is 11.2 Å². The number of allylic oxidation sites excluding steroid dienone is 2. The van der Waals surface area contributed by atoms with E-state index in [-0.39, 0.29) is 5.82 Å². The van der Waals surface area contributed by atoms with E-state index >= 15 is 0 Å². The molecule has 0 saturated heterocycles. The van der Waals surface area contributed by atoms with Gasteiger partial charge in [0.25, 0.3) is 0 Å². The molecular formula is C17H22FN3S. The maximum absolute atomic E-state index is 13.1. The lowest BCUT2D eigenvalue weighted by Crippen LogP contribution is -2.25. The molecule has 0 atom stereocenters. The van der Waals surface area contributed by atoms with Crippen molar-refractivity contribution in [3.63, 3.8) is 0 Å². The highest BCUT2D eigenvalue weighted by Crippen LogP contribution is 2.20. The predicted octanol–water partition coefficient (Wildman–Crippen LogP) is 4.38. The van der Waals surface area contributed by atoms with Gasteiger partial charge in [-0.15, -0.1) is 11.3 Å². The normalized spacial score (nSPS) is 13.0. The molecular weight excluding hydrogens is 297 g/mol. The Labute approximate surface area is 134 Å². The van der Waals surface area contributed by atoms with Gasteiger partial charge in [0, 0.05) is 23.2 Å². The zero-order chi connectivity index (χ0) is 16.1. The highest BCUT2D eigenvalue weighted by Gasteiger charge is 2.08. The first-order valence-corrected chi connectivity index (χ1v) is 8.31. The van der Waals surface area contributed by atoms with E-state index in [1.165, 1.54) is 12.1 Å². The Morgan fingerprint density at radius 2 is 2.05 bits per heavy atom. The van der Waals surface area contributed by atoms with E-state index in [0.717, 1.165) is 28.3 Å². The molecule has 0 saturated carbocycles. The smallest absolute Gasteiger partial charge is 0.204 e. The molecule has 0 radical (unpaired) electrons. The fourth-order valence-corrected chi connectivity index (χ4v) is 3.11. The lowest BCUT2D eigenvalue weighted by atomic mass is 10.2. The lowest BCUT2D eigenvalue weighted by molar-refractivity contribution is 0.628. The van der Waals surface area contributed by atoms with Crippen molar-refractivity contribution < 1.29 is 4.39 Å². The summed E-state index contributed by atoms with van der Waals surface area (Å²) in [4.78, 5) is 5.42. The van der Waals surface area contributed by atoms with E-state index in [4.69, 9.17) is 0 Å². The second-order valence-corrected chi connectivity index (χ2v) is 6.26. The molecule has 22 heavy (non-hydrogen) atoms. The van der Waals surface area contributed by atoms with Gasteiger partial charge in [-0.05, 0) is 44.0 Å². The van der Waals surface area contributed by atoms with Crippen molar-refractivity contribution in [3.05, 3.63) is 52.0 Å². The molecule has 1 N–H and O–H groups in total. The van der Waals surface area contributed by atoms with E-state index in [1.807, 2.05) is 23.9 Å². The van der Waals surface area contributed by atoms with Crippen molar-refractivity contribution in [1.29, 1.82) is 0 Å². The van der Waals surface area contributed by atoms with E-state index in [0.29, 0.717) is 5.92 Å². The van der Waals surface area contributed by atoms with Crippen molar-refractivity contribution in [2.24, 2.45) is 10.9 Å². The quantitative estimate of drug-likeness (QED) is 0.870. The molecule has 0 aliphatic heterocycles. The number of nitrogens with zero attached hydrogens (tertiary/aromatic N) is 2. The number of aromatic nitrogens is 1. The maximum atomic E-state index is 13.1. The number of hydrogen-bond donors (Lipinski definition) is 1. The number of thiazole rings is 1. The van der Waals surface area contributed by atoms with E-state index < -0.39 is 0 Å². The highest BCUT2D eigenvalue weighted by atomic mass is 32.1. The van der Waals surface area contributed by atoms with Crippen LogP contribution >= 0.6 is 11.3 Å². The molecule has 0 amide bonds. The summed E-state index contributed by atoms with van der Waals surface area (Å²) in [5.74, 6) is 0.236. The average Bonchev–Trinajstić information content (AvgIpc) is 2.82. The first kappa shape index (κ1) is 16.5. The van der Waals surface area contributed by atoms with Crippen LogP contribution in [0.4, 0.5) is 4.39 Å². The fourth-order valence-electron chi connectivity index (χ4n) is 2.20. The van der Waals surface area contributed by atoms with Gasteiger partial charge in [0.1, 0.15) is 5.82 Å². The van der Waals surface area contributed by atoms with Crippen LogP contribution in [0.5, 0.6) is 0 Å². The Balaban J connectivity index is 2.47. The van der Waals surface area contributed by atoms with Gasteiger partial charge in [0.15, 0.2) is 0 Å². The molecule has 0 spiro atoms. The van der Waals surface area contributed by atoms with Crippen LogP contribution in [0.3, 0.4) is 0 Å². The third-order valence-corrected chi connectivity index (χ3v) is 3.88. The van der Waals surface area contributed by atoms with Gasteiger partial charge in [-0.25, -0.2) is 9.07 Å². The molecule has 0 unspecified atom stereocenters. The van der Waals surface area contributed by atoms with Gasteiger partial charge < -0.3 is 0 Å². The largest absolute Gasteiger partial charge is 0.296 e. The summed E-state index contributed by atoms with van der Waals surface area (Å²) < 4.78 is 15.1. The molecule has 118 valence electrons. The Hall–Kier alpha value is -1.88.